The Kier molecular flexibility index (Phi) is 5.84. The summed E-state index contributed by atoms with van der Waals surface area (Å²) in [6.45, 7) is 2.27. The van der Waals surface area contributed by atoms with Crippen molar-refractivity contribution in [3.8, 4) is 17.2 Å². The molecule has 6 heteroatoms. The van der Waals surface area contributed by atoms with Gasteiger partial charge in [-0.2, -0.15) is 0 Å². The maximum atomic E-state index is 13.8. The molecule has 2 aromatic carbocycles. The molecule has 0 N–H and O–H groups in total. The molecule has 0 aliphatic carbocycles. The summed E-state index contributed by atoms with van der Waals surface area (Å²) in [5.41, 5.74) is 0.904. The summed E-state index contributed by atoms with van der Waals surface area (Å²) in [4.78, 5) is 14.8. The number of nitrogens with zero attached hydrogens (tertiary/aromatic N) is 1. The number of methoxy groups -OCH3 is 2. The van der Waals surface area contributed by atoms with E-state index in [9.17, 15) is 9.18 Å². The number of rotatable bonds is 6. The van der Waals surface area contributed by atoms with Gasteiger partial charge in [-0.05, 0) is 50.1 Å². The van der Waals surface area contributed by atoms with Crippen molar-refractivity contribution >= 4 is 5.91 Å². The average Bonchev–Trinajstić information content (AvgIpc) is 3.18. The maximum Gasteiger partial charge on any atom is 0.263 e. The van der Waals surface area contributed by atoms with Crippen molar-refractivity contribution in [2.24, 2.45) is 0 Å². The summed E-state index contributed by atoms with van der Waals surface area (Å²) in [6, 6.07) is 11.5. The van der Waals surface area contributed by atoms with Gasteiger partial charge in [-0.3, -0.25) is 4.79 Å². The van der Waals surface area contributed by atoms with Gasteiger partial charge in [-0.25, -0.2) is 4.39 Å². The summed E-state index contributed by atoms with van der Waals surface area (Å²) in [5, 5.41) is 0. The van der Waals surface area contributed by atoms with E-state index in [0.29, 0.717) is 18.0 Å². The largest absolute Gasteiger partial charge is 0.497 e. The molecule has 0 aromatic heterocycles. The topological polar surface area (TPSA) is 48.0 Å². The van der Waals surface area contributed by atoms with Crippen LogP contribution in [0.2, 0.25) is 0 Å². The van der Waals surface area contributed by atoms with Crippen molar-refractivity contribution < 1.29 is 23.4 Å². The Morgan fingerprint density at radius 2 is 1.93 bits per heavy atom. The number of ether oxygens (including phenoxy) is 3. The van der Waals surface area contributed by atoms with Gasteiger partial charge in [0.05, 0.1) is 20.3 Å². The van der Waals surface area contributed by atoms with Crippen LogP contribution in [-0.4, -0.2) is 37.7 Å². The molecule has 1 aliphatic heterocycles. The van der Waals surface area contributed by atoms with Crippen LogP contribution in [-0.2, 0) is 4.79 Å². The molecular weight excluding hydrogens is 349 g/mol. The first kappa shape index (κ1) is 19.0. The summed E-state index contributed by atoms with van der Waals surface area (Å²) in [6.07, 6.45) is 0.907. The van der Waals surface area contributed by atoms with Gasteiger partial charge in [0.1, 0.15) is 11.5 Å². The van der Waals surface area contributed by atoms with Crippen LogP contribution in [0.1, 0.15) is 31.4 Å². The summed E-state index contributed by atoms with van der Waals surface area (Å²) in [7, 11) is 3.21. The summed E-state index contributed by atoms with van der Waals surface area (Å²) < 4.78 is 30.2. The van der Waals surface area contributed by atoms with E-state index in [2.05, 4.69) is 0 Å². The lowest BCUT2D eigenvalue weighted by Gasteiger charge is -2.29. The number of amides is 1. The van der Waals surface area contributed by atoms with Gasteiger partial charge in [0.15, 0.2) is 17.7 Å². The Bertz CT molecular complexity index is 811. The van der Waals surface area contributed by atoms with Gasteiger partial charge in [-0.15, -0.1) is 0 Å². The number of likely N-dealkylation sites (tertiary alicyclic amines) is 1. The smallest absolute Gasteiger partial charge is 0.263 e. The third-order valence-electron chi connectivity index (χ3n) is 4.82. The van der Waals surface area contributed by atoms with E-state index in [4.69, 9.17) is 14.2 Å². The van der Waals surface area contributed by atoms with Crippen molar-refractivity contribution in [2.75, 3.05) is 20.8 Å². The molecule has 27 heavy (non-hydrogen) atoms. The van der Waals surface area contributed by atoms with Crippen LogP contribution in [0, 0.1) is 5.82 Å². The first-order valence-corrected chi connectivity index (χ1v) is 8.98. The molecule has 3 rings (SSSR count). The Labute approximate surface area is 158 Å². The van der Waals surface area contributed by atoms with Gasteiger partial charge in [0.2, 0.25) is 0 Å². The molecule has 5 nitrogen and oxygen atoms in total. The zero-order valence-electron chi connectivity index (χ0n) is 15.8. The third kappa shape index (κ3) is 3.99. The fraction of sp³-hybridized carbons (Fsp3) is 0.381. The quantitative estimate of drug-likeness (QED) is 0.769. The average molecular weight is 373 g/mol. The van der Waals surface area contributed by atoms with E-state index in [1.54, 1.807) is 38.2 Å². The molecule has 1 heterocycles. The molecular formula is C21H24FNO4. The highest BCUT2D eigenvalue weighted by molar-refractivity contribution is 5.81. The van der Waals surface area contributed by atoms with Crippen LogP contribution < -0.4 is 14.2 Å². The number of hydrogen-bond acceptors (Lipinski definition) is 4. The molecule has 1 saturated heterocycles. The highest BCUT2D eigenvalue weighted by Crippen LogP contribution is 2.39. The molecule has 1 fully saturated rings. The molecule has 2 aromatic rings. The van der Waals surface area contributed by atoms with Crippen molar-refractivity contribution in [3.05, 3.63) is 53.8 Å². The number of benzene rings is 2. The molecule has 0 bridgehead atoms. The molecule has 0 unspecified atom stereocenters. The molecule has 0 spiro atoms. The highest BCUT2D eigenvalue weighted by atomic mass is 19.1. The van der Waals surface area contributed by atoms with Crippen molar-refractivity contribution in [2.45, 2.75) is 31.9 Å². The summed E-state index contributed by atoms with van der Waals surface area (Å²) in [5.74, 6) is 0.840. The zero-order valence-corrected chi connectivity index (χ0v) is 15.8. The minimum atomic E-state index is -0.792. The minimum absolute atomic E-state index is 0.0769. The first-order chi connectivity index (χ1) is 13.0. The molecule has 2 atom stereocenters. The third-order valence-corrected chi connectivity index (χ3v) is 4.82. The van der Waals surface area contributed by atoms with Gasteiger partial charge < -0.3 is 19.1 Å². The van der Waals surface area contributed by atoms with Crippen LogP contribution >= 0.6 is 0 Å². The van der Waals surface area contributed by atoms with E-state index in [-0.39, 0.29) is 17.7 Å². The van der Waals surface area contributed by atoms with E-state index in [0.717, 1.165) is 18.4 Å². The van der Waals surface area contributed by atoms with Crippen LogP contribution in [0.5, 0.6) is 17.2 Å². The van der Waals surface area contributed by atoms with Crippen LogP contribution in [0.15, 0.2) is 42.5 Å². The van der Waals surface area contributed by atoms with E-state index >= 15 is 0 Å². The second kappa shape index (κ2) is 8.29. The van der Waals surface area contributed by atoms with Crippen molar-refractivity contribution in [1.82, 2.24) is 4.90 Å². The number of para-hydroxylation sites is 1. The lowest BCUT2D eigenvalue weighted by molar-refractivity contribution is -0.139. The predicted molar refractivity (Wildman–Crippen MR) is 99.7 cm³/mol. The monoisotopic (exact) mass is 373 g/mol. The lowest BCUT2D eigenvalue weighted by atomic mass is 10.0. The number of carbonyl (C=O) groups is 1. The first-order valence-electron chi connectivity index (χ1n) is 8.98. The van der Waals surface area contributed by atoms with E-state index in [1.807, 2.05) is 18.2 Å². The molecule has 1 aliphatic rings. The fourth-order valence-electron chi connectivity index (χ4n) is 3.47. The van der Waals surface area contributed by atoms with Gasteiger partial charge in [-0.1, -0.05) is 12.1 Å². The molecule has 144 valence electrons. The summed E-state index contributed by atoms with van der Waals surface area (Å²) >= 11 is 0. The second-order valence-electron chi connectivity index (χ2n) is 6.49. The predicted octanol–water partition coefficient (Wildman–Crippen LogP) is 3.97. The number of carbonyl (C=O) groups excluding carboxylic acids is 1. The highest BCUT2D eigenvalue weighted by Gasteiger charge is 2.35. The van der Waals surface area contributed by atoms with Gasteiger partial charge in [0, 0.05) is 12.1 Å². The van der Waals surface area contributed by atoms with E-state index < -0.39 is 11.9 Å². The second-order valence-corrected chi connectivity index (χ2v) is 6.49. The number of halogens is 1. The Morgan fingerprint density at radius 3 is 2.63 bits per heavy atom. The Morgan fingerprint density at radius 1 is 1.15 bits per heavy atom. The van der Waals surface area contributed by atoms with Crippen molar-refractivity contribution in [1.29, 1.82) is 0 Å². The van der Waals surface area contributed by atoms with E-state index in [1.165, 1.54) is 12.1 Å². The van der Waals surface area contributed by atoms with Crippen LogP contribution in [0.4, 0.5) is 4.39 Å². The Balaban J connectivity index is 1.81. The standard InChI is InChI=1S/C21H24FNO4/c1-14(27-20-9-5-4-7-17(20)22)21(24)23-12-6-8-18(23)16-13-15(25-2)10-11-19(16)26-3/h4-5,7,9-11,13-14,18H,6,8,12H2,1-3H3/t14-,18-/m0/s1. The van der Waals surface area contributed by atoms with Crippen molar-refractivity contribution in [3.63, 3.8) is 0 Å². The van der Waals surface area contributed by atoms with Gasteiger partial charge in [0.25, 0.3) is 5.91 Å². The lowest BCUT2D eigenvalue weighted by Crippen LogP contribution is -2.40. The van der Waals surface area contributed by atoms with Crippen LogP contribution in [0.25, 0.3) is 0 Å². The normalized spacial score (nSPS) is 17.5. The van der Waals surface area contributed by atoms with Gasteiger partial charge >= 0.3 is 0 Å². The maximum absolute atomic E-state index is 13.8. The Hall–Kier alpha value is -2.76. The van der Waals surface area contributed by atoms with Crippen LogP contribution in [0.3, 0.4) is 0 Å². The SMILES string of the molecule is COc1ccc(OC)c([C@@H]2CCCN2C(=O)[C@H](C)Oc2ccccc2F)c1. The molecule has 0 saturated carbocycles. The zero-order chi connectivity index (χ0) is 19.4. The molecule has 1 amide bonds. The fourth-order valence-corrected chi connectivity index (χ4v) is 3.47. The number of hydrogen-bond donors (Lipinski definition) is 0. The molecule has 0 radical (unpaired) electrons. The minimum Gasteiger partial charge on any atom is -0.497 e.